The number of aromatic nitrogens is 4. The van der Waals surface area contributed by atoms with E-state index in [1.807, 2.05) is 61.6 Å². The average Bonchev–Trinajstić information content (AvgIpc) is 3.03. The molecule has 0 bridgehead atoms. The number of hydrogen-bond acceptors (Lipinski definition) is 6. The van der Waals surface area contributed by atoms with Gasteiger partial charge in [-0.15, -0.1) is 0 Å². The number of aryl methyl sites for hydroxylation is 1. The molecule has 2 aromatic heterocycles. The molecule has 2 heterocycles. The van der Waals surface area contributed by atoms with E-state index in [4.69, 9.17) is 15.2 Å². The summed E-state index contributed by atoms with van der Waals surface area (Å²) in [4.78, 5) is 8.26. The number of nitrogens with two attached hydrogens (primary N) is 1. The van der Waals surface area contributed by atoms with Gasteiger partial charge in [-0.05, 0) is 17.7 Å². The second-order valence-electron chi connectivity index (χ2n) is 6.07. The monoisotopic (exact) mass is 361 g/mol. The van der Waals surface area contributed by atoms with E-state index < -0.39 is 0 Å². The summed E-state index contributed by atoms with van der Waals surface area (Å²) in [6.07, 6.45) is 1.43. The van der Waals surface area contributed by atoms with Gasteiger partial charge < -0.3 is 15.2 Å². The highest BCUT2D eigenvalue weighted by molar-refractivity contribution is 5.87. The smallest absolute Gasteiger partial charge is 0.163 e. The maximum atomic E-state index is 5.98. The minimum atomic E-state index is 0.261. The van der Waals surface area contributed by atoms with Crippen LogP contribution in [0, 0.1) is 0 Å². The molecule has 0 unspecified atom stereocenters. The van der Waals surface area contributed by atoms with Crippen molar-refractivity contribution in [3.8, 4) is 11.5 Å². The van der Waals surface area contributed by atoms with Crippen LogP contribution in [0.3, 0.4) is 0 Å². The van der Waals surface area contributed by atoms with E-state index in [2.05, 4.69) is 15.1 Å². The van der Waals surface area contributed by atoms with E-state index in [0.29, 0.717) is 29.5 Å². The van der Waals surface area contributed by atoms with Crippen molar-refractivity contribution in [1.82, 2.24) is 19.7 Å². The van der Waals surface area contributed by atoms with E-state index in [1.54, 1.807) is 4.68 Å². The summed E-state index contributed by atoms with van der Waals surface area (Å²) < 4.78 is 13.4. The molecule has 136 valence electrons. The summed E-state index contributed by atoms with van der Waals surface area (Å²) >= 11 is 0. The highest BCUT2D eigenvalue weighted by Crippen LogP contribution is 2.24. The quantitative estimate of drug-likeness (QED) is 0.568. The predicted octanol–water partition coefficient (Wildman–Crippen LogP) is 3.10. The zero-order chi connectivity index (χ0) is 18.6. The van der Waals surface area contributed by atoms with Crippen LogP contribution in [0.2, 0.25) is 0 Å². The third kappa shape index (κ3) is 3.67. The summed E-state index contributed by atoms with van der Waals surface area (Å²) in [5.74, 6) is 1.83. The Labute approximate surface area is 156 Å². The number of nitrogens with zero attached hydrogens (tertiary/aromatic N) is 4. The van der Waals surface area contributed by atoms with E-state index >= 15 is 0 Å². The predicted molar refractivity (Wildman–Crippen MR) is 102 cm³/mol. The van der Waals surface area contributed by atoms with Gasteiger partial charge in [0, 0.05) is 13.1 Å². The van der Waals surface area contributed by atoms with Crippen LogP contribution in [-0.2, 0) is 20.3 Å². The number of benzene rings is 2. The van der Waals surface area contributed by atoms with Crippen molar-refractivity contribution in [2.24, 2.45) is 7.05 Å². The lowest BCUT2D eigenvalue weighted by Gasteiger charge is -2.09. The van der Waals surface area contributed by atoms with Gasteiger partial charge in [-0.3, -0.25) is 0 Å². The summed E-state index contributed by atoms with van der Waals surface area (Å²) in [5.41, 5.74) is 8.47. The maximum Gasteiger partial charge on any atom is 0.163 e. The summed E-state index contributed by atoms with van der Waals surface area (Å²) in [5, 5.41) is 5.16. The topological polar surface area (TPSA) is 88.1 Å². The van der Waals surface area contributed by atoms with Gasteiger partial charge in [0.05, 0.1) is 5.39 Å². The summed E-state index contributed by atoms with van der Waals surface area (Å²) in [6.45, 7) is 0.764. The van der Waals surface area contributed by atoms with Crippen molar-refractivity contribution in [3.63, 3.8) is 0 Å². The number of ether oxygens (including phenoxy) is 2. The molecule has 2 aromatic carbocycles. The van der Waals surface area contributed by atoms with Gasteiger partial charge in [0.1, 0.15) is 42.6 Å². The molecule has 2 N–H and O–H groups in total. The summed E-state index contributed by atoms with van der Waals surface area (Å²) in [7, 11) is 1.82. The Morgan fingerprint density at radius 2 is 1.67 bits per heavy atom. The van der Waals surface area contributed by atoms with Crippen LogP contribution in [0.1, 0.15) is 11.3 Å². The largest absolute Gasteiger partial charge is 0.489 e. The van der Waals surface area contributed by atoms with Crippen LogP contribution >= 0.6 is 0 Å². The normalized spacial score (nSPS) is 10.9. The fourth-order valence-corrected chi connectivity index (χ4v) is 2.84. The molecule has 0 aliphatic carbocycles. The SMILES string of the molecule is Cn1nc(COc2cccc(OCc3ccccc3)c2)c2c(N)ncnc21. The fraction of sp³-hybridized carbons (Fsp3) is 0.150. The molecule has 0 aliphatic heterocycles. The lowest BCUT2D eigenvalue weighted by molar-refractivity contribution is 0.287. The number of fused-ring (bicyclic) bond motifs is 1. The molecule has 0 spiro atoms. The van der Waals surface area contributed by atoms with Crippen LogP contribution in [0.25, 0.3) is 11.0 Å². The Morgan fingerprint density at radius 1 is 0.926 bits per heavy atom. The molecule has 4 rings (SSSR count). The molecule has 0 aliphatic rings. The molecular weight excluding hydrogens is 342 g/mol. The summed E-state index contributed by atoms with van der Waals surface area (Å²) in [6, 6.07) is 17.5. The maximum absolute atomic E-state index is 5.98. The van der Waals surface area contributed by atoms with Crippen LogP contribution in [0.5, 0.6) is 11.5 Å². The van der Waals surface area contributed by atoms with Gasteiger partial charge in [0.2, 0.25) is 0 Å². The van der Waals surface area contributed by atoms with Crippen LogP contribution in [0.4, 0.5) is 5.82 Å². The first-order chi connectivity index (χ1) is 13.2. The van der Waals surface area contributed by atoms with Crippen molar-refractivity contribution >= 4 is 16.9 Å². The zero-order valence-electron chi connectivity index (χ0n) is 14.9. The molecule has 0 amide bonds. The number of anilines is 1. The van der Waals surface area contributed by atoms with Crippen molar-refractivity contribution in [3.05, 3.63) is 72.2 Å². The minimum Gasteiger partial charge on any atom is -0.489 e. The molecule has 27 heavy (non-hydrogen) atoms. The van der Waals surface area contributed by atoms with Gasteiger partial charge >= 0.3 is 0 Å². The number of hydrogen-bond donors (Lipinski definition) is 1. The van der Waals surface area contributed by atoms with Crippen molar-refractivity contribution in [2.45, 2.75) is 13.2 Å². The molecule has 0 saturated carbocycles. The van der Waals surface area contributed by atoms with Gasteiger partial charge in [-0.2, -0.15) is 5.10 Å². The van der Waals surface area contributed by atoms with Crippen molar-refractivity contribution in [1.29, 1.82) is 0 Å². The second kappa shape index (κ2) is 7.33. The van der Waals surface area contributed by atoms with Crippen molar-refractivity contribution < 1.29 is 9.47 Å². The fourth-order valence-electron chi connectivity index (χ4n) is 2.84. The lowest BCUT2D eigenvalue weighted by atomic mass is 10.2. The Kier molecular flexibility index (Phi) is 4.57. The Hall–Kier alpha value is -3.61. The first kappa shape index (κ1) is 16.8. The van der Waals surface area contributed by atoms with Gasteiger partial charge in [-0.1, -0.05) is 36.4 Å². The Bertz CT molecular complexity index is 1060. The molecule has 0 saturated heterocycles. The van der Waals surface area contributed by atoms with E-state index in [1.165, 1.54) is 6.33 Å². The lowest BCUT2D eigenvalue weighted by Crippen LogP contribution is -2.00. The van der Waals surface area contributed by atoms with Crippen LogP contribution in [-0.4, -0.2) is 19.7 Å². The molecule has 0 atom stereocenters. The molecule has 7 nitrogen and oxygen atoms in total. The average molecular weight is 361 g/mol. The van der Waals surface area contributed by atoms with Gasteiger partial charge in [0.25, 0.3) is 0 Å². The first-order valence-electron chi connectivity index (χ1n) is 8.52. The van der Waals surface area contributed by atoms with E-state index in [-0.39, 0.29) is 6.61 Å². The molecule has 7 heteroatoms. The zero-order valence-corrected chi connectivity index (χ0v) is 14.9. The minimum absolute atomic E-state index is 0.261. The standard InChI is InChI=1S/C20H19N5O2/c1-25-20-18(19(21)22-13-23-20)17(24-25)12-27-16-9-5-8-15(10-16)26-11-14-6-3-2-4-7-14/h2-10,13H,11-12H2,1H3,(H2,21,22,23). The highest BCUT2D eigenvalue weighted by atomic mass is 16.5. The van der Waals surface area contributed by atoms with Gasteiger partial charge in [0.15, 0.2) is 5.65 Å². The highest BCUT2D eigenvalue weighted by Gasteiger charge is 2.14. The number of rotatable bonds is 6. The molecule has 4 aromatic rings. The second-order valence-corrected chi connectivity index (χ2v) is 6.07. The molecule has 0 radical (unpaired) electrons. The Morgan fingerprint density at radius 3 is 2.44 bits per heavy atom. The molecular formula is C20H19N5O2. The Balaban J connectivity index is 1.46. The number of nitrogen functional groups attached to an aromatic ring is 1. The van der Waals surface area contributed by atoms with Gasteiger partial charge in [-0.25, -0.2) is 14.6 Å². The first-order valence-corrected chi connectivity index (χ1v) is 8.52. The van der Waals surface area contributed by atoms with E-state index in [0.717, 1.165) is 16.7 Å². The van der Waals surface area contributed by atoms with Crippen molar-refractivity contribution in [2.75, 3.05) is 5.73 Å². The third-order valence-electron chi connectivity index (χ3n) is 4.15. The molecule has 0 fully saturated rings. The third-order valence-corrected chi connectivity index (χ3v) is 4.15. The van der Waals surface area contributed by atoms with Crippen LogP contribution < -0.4 is 15.2 Å². The van der Waals surface area contributed by atoms with E-state index in [9.17, 15) is 0 Å². The van der Waals surface area contributed by atoms with Crippen LogP contribution in [0.15, 0.2) is 60.9 Å².